The lowest BCUT2D eigenvalue weighted by molar-refractivity contribution is -0.139. The first-order valence-electron chi connectivity index (χ1n) is 9.46. The van der Waals surface area contributed by atoms with E-state index in [-0.39, 0.29) is 11.4 Å². The van der Waals surface area contributed by atoms with Crippen LogP contribution in [-0.4, -0.2) is 30.8 Å². The molecule has 7 nitrogen and oxygen atoms in total. The van der Waals surface area contributed by atoms with Gasteiger partial charge in [0.2, 0.25) is 0 Å². The van der Waals surface area contributed by atoms with Crippen molar-refractivity contribution >= 4 is 23.4 Å². The fraction of sp³-hybridized carbons (Fsp3) is 0.0909. The molecule has 0 bridgehead atoms. The van der Waals surface area contributed by atoms with Crippen molar-refractivity contribution in [2.45, 2.75) is 12.2 Å². The molecule has 0 radical (unpaired) electrons. The van der Waals surface area contributed by atoms with Crippen LogP contribution in [0.15, 0.2) is 67.3 Å². The van der Waals surface area contributed by atoms with Crippen LogP contribution in [0.4, 0.5) is 19.0 Å². The molecule has 11 heteroatoms. The molecule has 3 N–H and O–H groups in total. The van der Waals surface area contributed by atoms with E-state index >= 15 is 0 Å². The number of alkyl halides is 3. The van der Waals surface area contributed by atoms with Crippen molar-refractivity contribution in [1.29, 1.82) is 0 Å². The fourth-order valence-corrected chi connectivity index (χ4v) is 3.51. The molecule has 1 atom stereocenters. The number of carbonyl (C=O) groups is 1. The predicted octanol–water partition coefficient (Wildman–Crippen LogP) is 4.94. The summed E-state index contributed by atoms with van der Waals surface area (Å²) in [6.45, 7) is 0. The van der Waals surface area contributed by atoms with Crippen LogP contribution < -0.4 is 5.73 Å². The Labute approximate surface area is 190 Å². The highest BCUT2D eigenvalue weighted by Gasteiger charge is 2.31. The van der Waals surface area contributed by atoms with E-state index in [1.807, 2.05) is 0 Å². The van der Waals surface area contributed by atoms with Crippen molar-refractivity contribution in [2.24, 2.45) is 0 Å². The van der Waals surface area contributed by atoms with E-state index in [9.17, 15) is 23.1 Å². The zero-order valence-corrected chi connectivity index (χ0v) is 17.4. The topological polar surface area (TPSA) is 107 Å². The second-order valence-electron chi connectivity index (χ2n) is 7.06. The number of nitrogens with two attached hydrogens (primary N) is 1. The van der Waals surface area contributed by atoms with Gasteiger partial charge in [-0.1, -0.05) is 35.9 Å². The first-order chi connectivity index (χ1) is 15.6. The third-order valence-corrected chi connectivity index (χ3v) is 5.19. The maximum atomic E-state index is 12.9. The van der Waals surface area contributed by atoms with Gasteiger partial charge in [-0.25, -0.2) is 14.8 Å². The highest BCUT2D eigenvalue weighted by Crippen LogP contribution is 2.35. The molecule has 0 amide bonds. The number of nitrogens with zero attached hydrogens (tertiary/aromatic N) is 4. The second kappa shape index (κ2) is 8.55. The number of carboxylic acids is 1. The maximum absolute atomic E-state index is 12.9. The summed E-state index contributed by atoms with van der Waals surface area (Å²) in [4.78, 5) is 20.3. The van der Waals surface area contributed by atoms with Gasteiger partial charge in [-0.2, -0.15) is 18.3 Å². The van der Waals surface area contributed by atoms with Crippen molar-refractivity contribution in [1.82, 2.24) is 19.7 Å². The fourth-order valence-electron chi connectivity index (χ4n) is 3.38. The average Bonchev–Trinajstić information content (AvgIpc) is 3.23. The molecular weight excluding hydrogens is 459 g/mol. The molecule has 2 heterocycles. The molecule has 2 aromatic heterocycles. The van der Waals surface area contributed by atoms with E-state index in [4.69, 9.17) is 17.3 Å². The van der Waals surface area contributed by atoms with E-state index < -0.39 is 23.8 Å². The molecule has 0 aliphatic heterocycles. The molecule has 4 aromatic rings. The summed E-state index contributed by atoms with van der Waals surface area (Å²) in [6.07, 6.45) is -0.411. The SMILES string of the molecule is Nc1ncnc(-c2cnn([C@H](C(=O)O)c3ccc(C(F)(F)F)cc3)c2)c1-c1ccc(Cl)cc1. The molecule has 0 fully saturated rings. The van der Waals surface area contributed by atoms with Crippen molar-refractivity contribution in [3.8, 4) is 22.4 Å². The van der Waals surface area contributed by atoms with E-state index in [1.165, 1.54) is 18.7 Å². The Morgan fingerprint density at radius 1 is 1.03 bits per heavy atom. The van der Waals surface area contributed by atoms with Gasteiger partial charge in [0.15, 0.2) is 6.04 Å². The van der Waals surface area contributed by atoms with Crippen molar-refractivity contribution in [2.75, 3.05) is 5.73 Å². The van der Waals surface area contributed by atoms with Crippen LogP contribution in [0.2, 0.25) is 5.02 Å². The lowest BCUT2D eigenvalue weighted by atomic mass is 10.0. The van der Waals surface area contributed by atoms with Crippen LogP contribution in [0.5, 0.6) is 0 Å². The molecule has 33 heavy (non-hydrogen) atoms. The molecule has 0 saturated heterocycles. The summed E-state index contributed by atoms with van der Waals surface area (Å²) in [5, 5.41) is 14.4. The highest BCUT2D eigenvalue weighted by atomic mass is 35.5. The molecule has 0 saturated carbocycles. The standard InChI is InChI=1S/C22H15ClF3N5O2/c23-16-7-3-12(4-8-16)17-18(28-11-29-20(17)27)14-9-30-31(10-14)19(21(32)33)13-1-5-15(6-2-13)22(24,25)26/h1-11,19H,(H,32,33)(H2,27,28,29)/t19-/m0/s1. The van der Waals surface area contributed by atoms with Crippen molar-refractivity contribution in [3.05, 3.63) is 83.4 Å². The molecular formula is C22H15ClF3N5O2. The van der Waals surface area contributed by atoms with E-state index in [2.05, 4.69) is 15.1 Å². The van der Waals surface area contributed by atoms with Gasteiger partial charge in [0, 0.05) is 16.8 Å². The zero-order chi connectivity index (χ0) is 23.8. The minimum atomic E-state index is -4.53. The van der Waals surface area contributed by atoms with Crippen LogP contribution in [0.25, 0.3) is 22.4 Å². The molecule has 4 rings (SSSR count). The summed E-state index contributed by atoms with van der Waals surface area (Å²) in [5.41, 5.74) is 7.40. The number of carboxylic acid groups (broad SMARTS) is 1. The summed E-state index contributed by atoms with van der Waals surface area (Å²) in [5.74, 6) is -1.09. The van der Waals surface area contributed by atoms with Crippen LogP contribution in [0.1, 0.15) is 17.2 Å². The molecule has 168 valence electrons. The van der Waals surface area contributed by atoms with Crippen molar-refractivity contribution < 1.29 is 23.1 Å². The summed E-state index contributed by atoms with van der Waals surface area (Å²) in [7, 11) is 0. The number of anilines is 1. The predicted molar refractivity (Wildman–Crippen MR) is 115 cm³/mol. The van der Waals surface area contributed by atoms with E-state index in [0.29, 0.717) is 27.4 Å². The Bertz CT molecular complexity index is 1310. The summed E-state index contributed by atoms with van der Waals surface area (Å²) < 4.78 is 39.7. The molecule has 0 aliphatic carbocycles. The van der Waals surface area contributed by atoms with Gasteiger partial charge < -0.3 is 10.8 Å². The van der Waals surface area contributed by atoms with Gasteiger partial charge in [0.1, 0.15) is 12.1 Å². The normalized spacial score (nSPS) is 12.5. The number of nitrogen functional groups attached to an aromatic ring is 1. The van der Waals surface area contributed by atoms with Crippen LogP contribution >= 0.6 is 11.6 Å². The van der Waals surface area contributed by atoms with Crippen LogP contribution in [-0.2, 0) is 11.0 Å². The third-order valence-electron chi connectivity index (χ3n) is 4.94. The first-order valence-corrected chi connectivity index (χ1v) is 9.84. The Balaban J connectivity index is 1.75. The van der Waals surface area contributed by atoms with Gasteiger partial charge in [0.25, 0.3) is 0 Å². The maximum Gasteiger partial charge on any atom is 0.416 e. The zero-order valence-electron chi connectivity index (χ0n) is 16.7. The monoisotopic (exact) mass is 473 g/mol. The van der Waals surface area contributed by atoms with Gasteiger partial charge in [-0.05, 0) is 35.4 Å². The lowest BCUT2D eigenvalue weighted by Crippen LogP contribution is -2.21. The third kappa shape index (κ3) is 4.51. The minimum Gasteiger partial charge on any atom is -0.479 e. The number of hydrogen-bond acceptors (Lipinski definition) is 5. The number of rotatable bonds is 5. The quantitative estimate of drug-likeness (QED) is 0.425. The van der Waals surface area contributed by atoms with Crippen LogP contribution in [0, 0.1) is 0 Å². The summed E-state index contributed by atoms with van der Waals surface area (Å²) in [6, 6.07) is 9.40. The smallest absolute Gasteiger partial charge is 0.416 e. The highest BCUT2D eigenvalue weighted by molar-refractivity contribution is 6.30. The van der Waals surface area contributed by atoms with Crippen molar-refractivity contribution in [3.63, 3.8) is 0 Å². The minimum absolute atomic E-state index is 0.130. The lowest BCUT2D eigenvalue weighted by Gasteiger charge is -2.15. The Kier molecular flexibility index (Phi) is 5.77. The molecule has 0 unspecified atom stereocenters. The molecule has 0 spiro atoms. The number of aromatic nitrogens is 4. The second-order valence-corrected chi connectivity index (χ2v) is 7.50. The number of hydrogen-bond donors (Lipinski definition) is 2. The first kappa shape index (κ1) is 22.3. The van der Waals surface area contributed by atoms with E-state index in [0.717, 1.165) is 28.9 Å². The van der Waals surface area contributed by atoms with Gasteiger partial charge in [-0.3, -0.25) is 4.68 Å². The Morgan fingerprint density at radius 2 is 1.70 bits per heavy atom. The number of aliphatic carboxylic acids is 1. The van der Waals surface area contributed by atoms with Gasteiger partial charge in [-0.15, -0.1) is 0 Å². The van der Waals surface area contributed by atoms with Gasteiger partial charge in [0.05, 0.1) is 23.0 Å². The molecule has 0 aliphatic rings. The van der Waals surface area contributed by atoms with Gasteiger partial charge >= 0.3 is 12.1 Å². The number of halogens is 4. The average molecular weight is 474 g/mol. The Hall–Kier alpha value is -3.92. The number of benzene rings is 2. The molecule has 2 aromatic carbocycles. The summed E-state index contributed by atoms with van der Waals surface area (Å²) >= 11 is 5.96. The van der Waals surface area contributed by atoms with E-state index in [1.54, 1.807) is 24.3 Å². The Morgan fingerprint density at radius 3 is 2.30 bits per heavy atom. The van der Waals surface area contributed by atoms with Crippen LogP contribution in [0.3, 0.4) is 0 Å². The largest absolute Gasteiger partial charge is 0.479 e.